The van der Waals surface area contributed by atoms with E-state index < -0.39 is 11.7 Å². The Balaban J connectivity index is 2.21. The second-order valence-corrected chi connectivity index (χ2v) is 5.14. The van der Waals surface area contributed by atoms with Gasteiger partial charge in [0.05, 0.1) is 19.8 Å². The van der Waals surface area contributed by atoms with Crippen LogP contribution in [-0.2, 0) is 19.0 Å². The number of rotatable bonds is 4. The molecule has 0 unspecified atom stereocenters. The molecule has 2 bridgehead atoms. The van der Waals surface area contributed by atoms with E-state index in [0.29, 0.717) is 18.6 Å². The van der Waals surface area contributed by atoms with E-state index in [-0.39, 0.29) is 17.9 Å². The minimum Gasteiger partial charge on any atom is -0.466 e. The summed E-state index contributed by atoms with van der Waals surface area (Å²) in [5, 5.41) is 2.84. The van der Waals surface area contributed by atoms with Crippen LogP contribution in [0, 0.1) is 5.92 Å². The van der Waals surface area contributed by atoms with Crippen molar-refractivity contribution in [1.82, 2.24) is 5.32 Å². The molecule has 20 heavy (non-hydrogen) atoms. The summed E-state index contributed by atoms with van der Waals surface area (Å²) in [6.07, 6.45) is 3.65. The highest BCUT2D eigenvalue weighted by Crippen LogP contribution is 2.45. The van der Waals surface area contributed by atoms with Gasteiger partial charge in [-0.2, -0.15) is 0 Å². The molecule has 1 N–H and O–H groups in total. The molecule has 3 aliphatic rings. The number of methoxy groups -OCH3 is 2. The maximum Gasteiger partial charge on any atom is 0.407 e. The first-order valence-electron chi connectivity index (χ1n) is 6.85. The largest absolute Gasteiger partial charge is 0.466 e. The number of alkyl carbamates (subject to hydrolysis) is 1. The fraction of sp³-hybridized carbons (Fsp3) is 0.714. The van der Waals surface area contributed by atoms with E-state index in [9.17, 15) is 9.59 Å². The second-order valence-electron chi connectivity index (χ2n) is 5.14. The third-order valence-electron chi connectivity index (χ3n) is 4.20. The predicted molar refractivity (Wildman–Crippen MR) is 71.1 cm³/mol. The molecule has 6 heteroatoms. The van der Waals surface area contributed by atoms with Gasteiger partial charge in [-0.25, -0.2) is 9.59 Å². The molecule has 0 aromatic rings. The monoisotopic (exact) mass is 283 g/mol. The van der Waals surface area contributed by atoms with Crippen LogP contribution in [-0.4, -0.2) is 44.5 Å². The van der Waals surface area contributed by atoms with Crippen molar-refractivity contribution in [3.63, 3.8) is 0 Å². The summed E-state index contributed by atoms with van der Waals surface area (Å²) in [4.78, 5) is 23.4. The molecule has 1 fully saturated rings. The first-order valence-corrected chi connectivity index (χ1v) is 6.85. The third-order valence-corrected chi connectivity index (χ3v) is 4.20. The highest BCUT2D eigenvalue weighted by atomic mass is 16.5. The molecule has 0 aromatic heterocycles. The molecule has 1 amide bonds. The number of nitrogens with one attached hydrogen (secondary N) is 1. The lowest BCUT2D eigenvalue weighted by atomic mass is 9.65. The van der Waals surface area contributed by atoms with Crippen molar-refractivity contribution in [2.45, 2.75) is 37.8 Å². The van der Waals surface area contributed by atoms with Gasteiger partial charge in [-0.05, 0) is 38.2 Å². The van der Waals surface area contributed by atoms with E-state index in [1.807, 2.05) is 6.08 Å². The number of carbonyl (C=O) groups is 2. The Hall–Kier alpha value is -1.56. The number of amides is 1. The van der Waals surface area contributed by atoms with E-state index in [4.69, 9.17) is 14.2 Å². The zero-order chi connectivity index (χ0) is 14.8. The van der Waals surface area contributed by atoms with Crippen molar-refractivity contribution >= 4 is 12.1 Å². The summed E-state index contributed by atoms with van der Waals surface area (Å²) in [6.45, 7) is 2.08. The minimum absolute atomic E-state index is 0.103. The molecule has 3 rings (SSSR count). The lowest BCUT2D eigenvalue weighted by Gasteiger charge is -2.48. The van der Waals surface area contributed by atoms with Crippen LogP contribution in [0.1, 0.15) is 26.2 Å². The van der Waals surface area contributed by atoms with E-state index in [1.54, 1.807) is 14.0 Å². The summed E-state index contributed by atoms with van der Waals surface area (Å²) in [6, 6.07) is -0.182. The maximum absolute atomic E-state index is 11.8. The van der Waals surface area contributed by atoms with E-state index >= 15 is 0 Å². The Labute approximate surface area is 118 Å². The molecule has 0 saturated heterocycles. The molecule has 6 nitrogen and oxygen atoms in total. The van der Waals surface area contributed by atoms with Gasteiger partial charge in [0.1, 0.15) is 5.60 Å². The number of ether oxygens (including phenoxy) is 3. The summed E-state index contributed by atoms with van der Waals surface area (Å²) in [5.41, 5.74) is 0.00732. The van der Waals surface area contributed by atoms with Crippen molar-refractivity contribution < 1.29 is 23.8 Å². The average molecular weight is 283 g/mol. The first-order chi connectivity index (χ1) is 9.56. The second kappa shape index (κ2) is 5.83. The number of hydrogen-bond acceptors (Lipinski definition) is 5. The van der Waals surface area contributed by atoms with Crippen LogP contribution in [0.2, 0.25) is 0 Å². The Bertz CT molecular complexity index is 433. The van der Waals surface area contributed by atoms with Gasteiger partial charge in [-0.1, -0.05) is 0 Å². The molecular formula is C14H21NO5. The number of esters is 1. The summed E-state index contributed by atoms with van der Waals surface area (Å²) < 4.78 is 15.4. The standard InChI is InChI=1S/C14H21NO5/c1-4-20-13(17)15-11-7-9-5-6-14(11,19-3)8-10(9)12(16)18-2/h8-9,11H,4-7H2,1-3H3,(H,15,17)/t9-,11-,14+/m1/s1. The number of carbonyl (C=O) groups excluding carboxylic acids is 2. The molecule has 0 aliphatic heterocycles. The fourth-order valence-electron chi connectivity index (χ4n) is 3.16. The Kier molecular flexibility index (Phi) is 4.32. The molecular weight excluding hydrogens is 262 g/mol. The third kappa shape index (κ3) is 2.52. The lowest BCUT2D eigenvalue weighted by molar-refractivity contribution is -0.138. The van der Waals surface area contributed by atoms with Gasteiger partial charge < -0.3 is 19.5 Å². The van der Waals surface area contributed by atoms with Crippen molar-refractivity contribution in [3.05, 3.63) is 11.6 Å². The molecule has 3 aliphatic carbocycles. The van der Waals surface area contributed by atoms with Crippen molar-refractivity contribution in [3.8, 4) is 0 Å². The van der Waals surface area contributed by atoms with Gasteiger partial charge in [0.25, 0.3) is 0 Å². The van der Waals surface area contributed by atoms with Crippen LogP contribution in [0.15, 0.2) is 11.6 Å². The summed E-state index contributed by atoms with van der Waals surface area (Å²) >= 11 is 0. The lowest BCUT2D eigenvalue weighted by Crippen LogP contribution is -2.59. The zero-order valence-corrected chi connectivity index (χ0v) is 12.1. The van der Waals surface area contributed by atoms with Gasteiger partial charge >= 0.3 is 12.1 Å². The van der Waals surface area contributed by atoms with Crippen molar-refractivity contribution in [2.75, 3.05) is 20.8 Å². The average Bonchev–Trinajstić information content (AvgIpc) is 2.47. The van der Waals surface area contributed by atoms with Crippen LogP contribution in [0.5, 0.6) is 0 Å². The maximum atomic E-state index is 11.8. The molecule has 112 valence electrons. The fourth-order valence-corrected chi connectivity index (χ4v) is 3.16. The SMILES string of the molecule is CCOC(=O)N[C@@H]1C[C@H]2CC[C@]1(OC)C=C2C(=O)OC. The molecule has 0 heterocycles. The van der Waals surface area contributed by atoms with Crippen molar-refractivity contribution in [2.24, 2.45) is 5.92 Å². The Morgan fingerprint density at radius 1 is 1.45 bits per heavy atom. The molecule has 3 atom stereocenters. The van der Waals surface area contributed by atoms with Gasteiger partial charge in [0.15, 0.2) is 0 Å². The van der Waals surface area contributed by atoms with Crippen LogP contribution < -0.4 is 5.32 Å². The van der Waals surface area contributed by atoms with Gasteiger partial charge in [-0.3, -0.25) is 0 Å². The number of hydrogen-bond donors (Lipinski definition) is 1. The quantitative estimate of drug-likeness (QED) is 0.789. The van der Waals surface area contributed by atoms with E-state index in [2.05, 4.69) is 5.32 Å². The van der Waals surface area contributed by atoms with E-state index in [0.717, 1.165) is 12.8 Å². The van der Waals surface area contributed by atoms with Gasteiger partial charge in [0, 0.05) is 12.7 Å². The molecule has 0 radical (unpaired) electrons. The normalized spacial score (nSPS) is 31.4. The zero-order valence-electron chi connectivity index (χ0n) is 12.1. The molecule has 0 spiro atoms. The van der Waals surface area contributed by atoms with Crippen LogP contribution in [0.4, 0.5) is 4.79 Å². The molecule has 0 aromatic carbocycles. The minimum atomic E-state index is -0.648. The van der Waals surface area contributed by atoms with Gasteiger partial charge in [-0.15, -0.1) is 0 Å². The van der Waals surface area contributed by atoms with Crippen LogP contribution >= 0.6 is 0 Å². The Morgan fingerprint density at radius 2 is 2.20 bits per heavy atom. The summed E-state index contributed by atoms with van der Waals surface area (Å²) in [5.74, 6) is -0.211. The van der Waals surface area contributed by atoms with Crippen LogP contribution in [0.3, 0.4) is 0 Å². The summed E-state index contributed by atoms with van der Waals surface area (Å²) in [7, 11) is 2.97. The Morgan fingerprint density at radius 3 is 2.80 bits per heavy atom. The topological polar surface area (TPSA) is 73.9 Å². The smallest absolute Gasteiger partial charge is 0.407 e. The predicted octanol–water partition coefficient (Wildman–Crippen LogP) is 1.40. The number of fused-ring (bicyclic) bond motifs is 2. The van der Waals surface area contributed by atoms with Crippen molar-refractivity contribution in [1.29, 1.82) is 0 Å². The van der Waals surface area contributed by atoms with Crippen LogP contribution in [0.25, 0.3) is 0 Å². The van der Waals surface area contributed by atoms with Gasteiger partial charge in [0.2, 0.25) is 0 Å². The highest BCUT2D eigenvalue weighted by molar-refractivity contribution is 5.90. The molecule has 1 saturated carbocycles. The first kappa shape index (κ1) is 14.8. The highest BCUT2D eigenvalue weighted by Gasteiger charge is 2.50. The van der Waals surface area contributed by atoms with E-state index in [1.165, 1.54) is 7.11 Å².